The second-order valence-electron chi connectivity index (χ2n) is 7.18. The van der Waals surface area contributed by atoms with Crippen LogP contribution < -0.4 is 5.56 Å². The third-order valence-corrected chi connectivity index (χ3v) is 5.68. The van der Waals surface area contributed by atoms with Crippen LogP contribution in [0.3, 0.4) is 0 Å². The molecule has 2 aliphatic rings. The summed E-state index contributed by atoms with van der Waals surface area (Å²) in [6, 6.07) is 8.00. The van der Waals surface area contributed by atoms with Crippen LogP contribution in [0.5, 0.6) is 0 Å². The Labute approximate surface area is 147 Å². The van der Waals surface area contributed by atoms with Crippen LogP contribution >= 0.6 is 0 Å². The summed E-state index contributed by atoms with van der Waals surface area (Å²) >= 11 is 0. The molecule has 25 heavy (non-hydrogen) atoms. The number of fused-ring (bicyclic) bond motifs is 1. The van der Waals surface area contributed by atoms with Crippen LogP contribution in [0, 0.1) is 0 Å². The van der Waals surface area contributed by atoms with Crippen molar-refractivity contribution in [1.29, 1.82) is 0 Å². The van der Waals surface area contributed by atoms with Crippen molar-refractivity contribution in [2.75, 3.05) is 20.1 Å². The Hall–Kier alpha value is -2.21. The average Bonchev–Trinajstić information content (AvgIpc) is 3.26. The summed E-state index contributed by atoms with van der Waals surface area (Å²) in [7, 11) is 2.15. The van der Waals surface area contributed by atoms with Gasteiger partial charge in [0.05, 0.1) is 17.2 Å². The van der Waals surface area contributed by atoms with Crippen LogP contribution in [0.4, 0.5) is 0 Å². The Morgan fingerprint density at radius 2 is 1.92 bits per heavy atom. The van der Waals surface area contributed by atoms with Gasteiger partial charge in [0.1, 0.15) is 6.54 Å². The van der Waals surface area contributed by atoms with Gasteiger partial charge in [-0.1, -0.05) is 12.1 Å². The molecular formula is C19H24N4O2. The molecule has 2 saturated heterocycles. The van der Waals surface area contributed by atoms with Gasteiger partial charge in [0.25, 0.3) is 5.56 Å². The third kappa shape index (κ3) is 2.95. The molecule has 0 spiro atoms. The quantitative estimate of drug-likeness (QED) is 0.849. The molecule has 4 rings (SSSR count). The zero-order chi connectivity index (χ0) is 17.4. The molecule has 3 heterocycles. The van der Waals surface area contributed by atoms with Gasteiger partial charge in [-0.2, -0.15) is 0 Å². The van der Waals surface area contributed by atoms with Crippen LogP contribution in [-0.2, 0) is 11.3 Å². The van der Waals surface area contributed by atoms with E-state index in [0.717, 1.165) is 32.4 Å². The fraction of sp³-hybridized carbons (Fsp3) is 0.526. The maximum absolute atomic E-state index is 12.9. The number of hydrogen-bond acceptors (Lipinski definition) is 4. The number of aromatic nitrogens is 2. The first-order valence-electron chi connectivity index (χ1n) is 9.09. The number of likely N-dealkylation sites (N-methyl/N-ethyl adjacent to an activating group) is 1. The minimum Gasteiger partial charge on any atom is -0.337 e. The van der Waals surface area contributed by atoms with Crippen molar-refractivity contribution < 1.29 is 4.79 Å². The summed E-state index contributed by atoms with van der Waals surface area (Å²) in [5.74, 6) is 0.0296. The summed E-state index contributed by atoms with van der Waals surface area (Å²) < 4.78 is 1.44. The Balaban J connectivity index is 1.55. The number of amides is 1. The molecule has 1 amide bonds. The van der Waals surface area contributed by atoms with Crippen molar-refractivity contribution in [3.05, 3.63) is 40.9 Å². The zero-order valence-corrected chi connectivity index (χ0v) is 14.6. The molecule has 0 unspecified atom stereocenters. The highest BCUT2D eigenvalue weighted by atomic mass is 16.2. The van der Waals surface area contributed by atoms with E-state index in [9.17, 15) is 9.59 Å². The van der Waals surface area contributed by atoms with Gasteiger partial charge in [0.2, 0.25) is 5.91 Å². The first kappa shape index (κ1) is 16.3. The summed E-state index contributed by atoms with van der Waals surface area (Å²) in [6.07, 6.45) is 5.96. The maximum Gasteiger partial charge on any atom is 0.261 e. The van der Waals surface area contributed by atoms with Gasteiger partial charge in [-0.05, 0) is 51.4 Å². The molecule has 2 atom stereocenters. The van der Waals surface area contributed by atoms with Crippen molar-refractivity contribution in [1.82, 2.24) is 19.4 Å². The lowest BCUT2D eigenvalue weighted by molar-refractivity contribution is -0.133. The van der Waals surface area contributed by atoms with Crippen LogP contribution in [-0.4, -0.2) is 57.5 Å². The maximum atomic E-state index is 12.9. The number of carbonyl (C=O) groups is 1. The van der Waals surface area contributed by atoms with Gasteiger partial charge in [-0.3, -0.25) is 14.2 Å². The summed E-state index contributed by atoms with van der Waals surface area (Å²) in [5, 5.41) is 0.561. The lowest BCUT2D eigenvalue weighted by Gasteiger charge is -2.33. The molecular weight excluding hydrogens is 316 g/mol. The fourth-order valence-corrected chi connectivity index (χ4v) is 4.38. The standard InChI is InChI=1S/C19H24N4O2/c1-21-10-4-8-16(21)17-9-5-11-23(17)18(24)12-22-13-20-15-7-3-2-6-14(15)19(22)25/h2-3,6-7,13,16-17H,4-5,8-12H2,1H3/t16-,17+/m1/s1. The van der Waals surface area contributed by atoms with E-state index in [-0.39, 0.29) is 24.1 Å². The highest BCUT2D eigenvalue weighted by Gasteiger charge is 2.38. The second-order valence-corrected chi connectivity index (χ2v) is 7.18. The van der Waals surface area contributed by atoms with Crippen LogP contribution in [0.15, 0.2) is 35.4 Å². The van der Waals surface area contributed by atoms with E-state index in [1.165, 1.54) is 17.3 Å². The largest absolute Gasteiger partial charge is 0.337 e. The van der Waals surface area contributed by atoms with Gasteiger partial charge in [0, 0.05) is 18.6 Å². The Kier molecular flexibility index (Phi) is 4.29. The molecule has 2 aliphatic heterocycles. The molecule has 0 N–H and O–H groups in total. The van der Waals surface area contributed by atoms with Gasteiger partial charge < -0.3 is 9.80 Å². The minimum absolute atomic E-state index is 0.0296. The molecule has 6 heteroatoms. The van der Waals surface area contributed by atoms with Crippen LogP contribution in [0.1, 0.15) is 25.7 Å². The van der Waals surface area contributed by atoms with Crippen LogP contribution in [0.25, 0.3) is 10.9 Å². The van der Waals surface area contributed by atoms with Crippen molar-refractivity contribution in [2.24, 2.45) is 0 Å². The highest BCUT2D eigenvalue weighted by molar-refractivity contribution is 5.79. The number of benzene rings is 1. The van der Waals surface area contributed by atoms with E-state index in [4.69, 9.17) is 0 Å². The molecule has 132 valence electrons. The molecule has 6 nitrogen and oxygen atoms in total. The molecule has 2 fully saturated rings. The monoisotopic (exact) mass is 340 g/mol. The van der Waals surface area contributed by atoms with E-state index < -0.39 is 0 Å². The highest BCUT2D eigenvalue weighted by Crippen LogP contribution is 2.29. The predicted molar refractivity (Wildman–Crippen MR) is 96.4 cm³/mol. The summed E-state index contributed by atoms with van der Waals surface area (Å²) in [6.45, 7) is 1.98. The number of hydrogen-bond donors (Lipinski definition) is 0. The van der Waals surface area contributed by atoms with Crippen molar-refractivity contribution >= 4 is 16.8 Å². The molecule has 2 aromatic rings. The predicted octanol–water partition coefficient (Wildman–Crippen LogP) is 1.48. The van der Waals surface area contributed by atoms with E-state index in [2.05, 4.69) is 16.9 Å². The lowest BCUT2D eigenvalue weighted by atomic mass is 10.0. The van der Waals surface area contributed by atoms with E-state index in [1.54, 1.807) is 6.07 Å². The number of carbonyl (C=O) groups excluding carboxylic acids is 1. The molecule has 1 aromatic carbocycles. The topological polar surface area (TPSA) is 58.4 Å². The number of nitrogens with zero attached hydrogens (tertiary/aromatic N) is 4. The van der Waals surface area contributed by atoms with Crippen LogP contribution in [0.2, 0.25) is 0 Å². The molecule has 0 saturated carbocycles. The molecule has 0 aliphatic carbocycles. The smallest absolute Gasteiger partial charge is 0.261 e. The normalized spacial score (nSPS) is 24.3. The fourth-order valence-electron chi connectivity index (χ4n) is 4.38. The van der Waals surface area contributed by atoms with Gasteiger partial charge in [0.15, 0.2) is 0 Å². The number of rotatable bonds is 3. The summed E-state index contributed by atoms with van der Waals surface area (Å²) in [5.41, 5.74) is 0.524. The molecule has 0 bridgehead atoms. The van der Waals surface area contributed by atoms with Crippen molar-refractivity contribution in [3.63, 3.8) is 0 Å². The van der Waals surface area contributed by atoms with Gasteiger partial charge in [-0.15, -0.1) is 0 Å². The first-order chi connectivity index (χ1) is 12.1. The van der Waals surface area contributed by atoms with Gasteiger partial charge in [-0.25, -0.2) is 4.98 Å². The minimum atomic E-state index is -0.146. The molecule has 0 radical (unpaired) electrons. The van der Waals surface area contributed by atoms with Gasteiger partial charge >= 0.3 is 0 Å². The average molecular weight is 340 g/mol. The lowest BCUT2D eigenvalue weighted by Crippen LogP contribution is -2.48. The summed E-state index contributed by atoms with van der Waals surface area (Å²) in [4.78, 5) is 34.2. The SMILES string of the molecule is CN1CCC[C@@H]1[C@@H]1CCCN1C(=O)Cn1cnc2ccccc2c1=O. The number of likely N-dealkylation sites (tertiary alicyclic amines) is 2. The zero-order valence-electron chi connectivity index (χ0n) is 14.6. The molecule has 1 aromatic heterocycles. The Morgan fingerprint density at radius 3 is 2.72 bits per heavy atom. The first-order valence-corrected chi connectivity index (χ1v) is 9.09. The van der Waals surface area contributed by atoms with E-state index >= 15 is 0 Å². The third-order valence-electron chi connectivity index (χ3n) is 5.68. The van der Waals surface area contributed by atoms with Crippen molar-refractivity contribution in [2.45, 2.75) is 44.3 Å². The number of para-hydroxylation sites is 1. The van der Waals surface area contributed by atoms with Crippen molar-refractivity contribution in [3.8, 4) is 0 Å². The Bertz CT molecular complexity index is 847. The Morgan fingerprint density at radius 1 is 1.16 bits per heavy atom. The van der Waals surface area contributed by atoms with E-state index in [1.807, 2.05) is 23.1 Å². The second kappa shape index (κ2) is 6.59. The van der Waals surface area contributed by atoms with E-state index in [0.29, 0.717) is 16.9 Å².